The molecule has 1 aliphatic rings. The average molecular weight is 231 g/mol. The molecule has 1 saturated carbocycles. The average Bonchev–Trinajstić information content (AvgIpc) is 2.82. The lowest BCUT2D eigenvalue weighted by molar-refractivity contribution is -0.121. The van der Waals surface area contributed by atoms with Crippen LogP contribution in [0.5, 0.6) is 0 Å². The Morgan fingerprint density at radius 2 is 1.76 bits per heavy atom. The van der Waals surface area contributed by atoms with Gasteiger partial charge >= 0.3 is 0 Å². The number of aryl methyl sites for hydroxylation is 1. The van der Waals surface area contributed by atoms with E-state index in [0.717, 1.165) is 24.8 Å². The van der Waals surface area contributed by atoms with E-state index in [0.29, 0.717) is 12.5 Å². The third-order valence-electron chi connectivity index (χ3n) is 3.52. The van der Waals surface area contributed by atoms with Gasteiger partial charge in [-0.15, -0.1) is 0 Å². The minimum atomic E-state index is 0.168. The molecule has 1 aliphatic carbocycles. The lowest BCUT2D eigenvalue weighted by Gasteiger charge is -2.11. The fourth-order valence-corrected chi connectivity index (χ4v) is 2.43. The number of nitrogens with one attached hydrogen (secondary N) is 1. The highest BCUT2D eigenvalue weighted by Gasteiger charge is 2.16. The summed E-state index contributed by atoms with van der Waals surface area (Å²) < 4.78 is 0. The molecule has 0 radical (unpaired) electrons. The lowest BCUT2D eigenvalue weighted by atomic mass is 10.1. The summed E-state index contributed by atoms with van der Waals surface area (Å²) in [4.78, 5) is 11.8. The molecule has 0 spiro atoms. The Bertz CT molecular complexity index is 363. The van der Waals surface area contributed by atoms with Gasteiger partial charge in [-0.1, -0.05) is 44.0 Å². The maximum atomic E-state index is 11.8. The molecule has 17 heavy (non-hydrogen) atoms. The predicted molar refractivity (Wildman–Crippen MR) is 69.9 cm³/mol. The fraction of sp³-hybridized carbons (Fsp3) is 0.533. The second-order valence-electron chi connectivity index (χ2n) is 4.90. The first-order valence-corrected chi connectivity index (χ1v) is 6.65. The van der Waals surface area contributed by atoms with E-state index in [1.165, 1.54) is 18.4 Å². The van der Waals surface area contributed by atoms with Crippen LogP contribution in [-0.4, -0.2) is 11.9 Å². The molecule has 1 N–H and O–H groups in total. The molecule has 2 heteroatoms. The van der Waals surface area contributed by atoms with Gasteiger partial charge in [0.1, 0.15) is 0 Å². The highest BCUT2D eigenvalue weighted by molar-refractivity contribution is 5.78. The van der Waals surface area contributed by atoms with Gasteiger partial charge in [0, 0.05) is 6.04 Å². The third kappa shape index (κ3) is 3.58. The van der Waals surface area contributed by atoms with Gasteiger partial charge in [0.25, 0.3) is 0 Å². The summed E-state index contributed by atoms with van der Waals surface area (Å²) >= 11 is 0. The van der Waals surface area contributed by atoms with E-state index >= 15 is 0 Å². The third-order valence-corrected chi connectivity index (χ3v) is 3.52. The summed E-state index contributed by atoms with van der Waals surface area (Å²) in [7, 11) is 0. The highest BCUT2D eigenvalue weighted by Crippen LogP contribution is 2.17. The first-order chi connectivity index (χ1) is 8.28. The van der Waals surface area contributed by atoms with Crippen LogP contribution in [-0.2, 0) is 17.6 Å². The van der Waals surface area contributed by atoms with E-state index in [2.05, 4.69) is 36.5 Å². The molecule has 0 unspecified atom stereocenters. The second kappa shape index (κ2) is 5.85. The molecule has 2 rings (SSSR count). The van der Waals surface area contributed by atoms with Gasteiger partial charge in [0.2, 0.25) is 5.91 Å². The van der Waals surface area contributed by atoms with Gasteiger partial charge in [-0.05, 0) is 30.4 Å². The van der Waals surface area contributed by atoms with Crippen LogP contribution >= 0.6 is 0 Å². The maximum Gasteiger partial charge on any atom is 0.224 e. The summed E-state index contributed by atoms with van der Waals surface area (Å²) in [6.07, 6.45) is 6.39. The Labute approximate surface area is 103 Å². The molecule has 0 aliphatic heterocycles. The Balaban J connectivity index is 1.84. The highest BCUT2D eigenvalue weighted by atomic mass is 16.1. The van der Waals surface area contributed by atoms with Gasteiger partial charge in [0.15, 0.2) is 0 Å². The van der Waals surface area contributed by atoms with Gasteiger partial charge in [-0.3, -0.25) is 4.79 Å². The molecule has 0 heterocycles. The Hall–Kier alpha value is -1.31. The van der Waals surface area contributed by atoms with E-state index in [9.17, 15) is 4.79 Å². The molecule has 1 aromatic rings. The normalized spacial score (nSPS) is 16.1. The Morgan fingerprint density at radius 1 is 1.18 bits per heavy atom. The first kappa shape index (κ1) is 12.2. The molecule has 1 amide bonds. The SMILES string of the molecule is CCc1ccc(CC(=O)NC2CCCC2)cc1. The van der Waals surface area contributed by atoms with Crippen LogP contribution in [0.2, 0.25) is 0 Å². The zero-order valence-electron chi connectivity index (χ0n) is 10.5. The number of hydrogen-bond donors (Lipinski definition) is 1. The predicted octanol–water partition coefficient (Wildman–Crippen LogP) is 2.85. The number of carbonyl (C=O) groups is 1. The van der Waals surface area contributed by atoms with Crippen molar-refractivity contribution < 1.29 is 4.79 Å². The second-order valence-corrected chi connectivity index (χ2v) is 4.90. The van der Waals surface area contributed by atoms with Gasteiger partial charge in [-0.25, -0.2) is 0 Å². The molecule has 1 fully saturated rings. The zero-order chi connectivity index (χ0) is 12.1. The van der Waals surface area contributed by atoms with Crippen LogP contribution in [0, 0.1) is 0 Å². The summed E-state index contributed by atoms with van der Waals surface area (Å²) in [5.41, 5.74) is 2.43. The van der Waals surface area contributed by atoms with Crippen LogP contribution in [0.4, 0.5) is 0 Å². The number of carbonyl (C=O) groups excluding carboxylic acids is 1. The van der Waals surface area contributed by atoms with Gasteiger partial charge in [0.05, 0.1) is 6.42 Å². The van der Waals surface area contributed by atoms with Crippen LogP contribution in [0.1, 0.15) is 43.7 Å². The van der Waals surface area contributed by atoms with Crippen molar-refractivity contribution in [2.45, 2.75) is 51.5 Å². The van der Waals surface area contributed by atoms with Crippen molar-refractivity contribution in [2.24, 2.45) is 0 Å². The number of rotatable bonds is 4. The molecule has 1 aromatic carbocycles. The van der Waals surface area contributed by atoms with Gasteiger partial charge < -0.3 is 5.32 Å². The molecule has 92 valence electrons. The molecular formula is C15H21NO. The summed E-state index contributed by atoms with van der Waals surface area (Å²) in [5, 5.41) is 3.12. The zero-order valence-corrected chi connectivity index (χ0v) is 10.5. The minimum Gasteiger partial charge on any atom is -0.353 e. The van der Waals surface area contributed by atoms with Crippen molar-refractivity contribution in [1.29, 1.82) is 0 Å². The van der Waals surface area contributed by atoms with E-state index in [4.69, 9.17) is 0 Å². The molecule has 0 saturated heterocycles. The maximum absolute atomic E-state index is 11.8. The number of benzene rings is 1. The summed E-state index contributed by atoms with van der Waals surface area (Å²) in [6.45, 7) is 2.14. The summed E-state index contributed by atoms with van der Waals surface area (Å²) in [5.74, 6) is 0.168. The fourth-order valence-electron chi connectivity index (χ4n) is 2.43. The van der Waals surface area contributed by atoms with Crippen molar-refractivity contribution in [3.05, 3.63) is 35.4 Å². The number of amides is 1. The van der Waals surface area contributed by atoms with E-state index in [1.54, 1.807) is 0 Å². The molecule has 0 aromatic heterocycles. The molecular weight excluding hydrogens is 210 g/mol. The quantitative estimate of drug-likeness (QED) is 0.848. The minimum absolute atomic E-state index is 0.168. The van der Waals surface area contributed by atoms with Crippen molar-refractivity contribution >= 4 is 5.91 Å². The van der Waals surface area contributed by atoms with E-state index < -0.39 is 0 Å². The number of hydrogen-bond acceptors (Lipinski definition) is 1. The van der Waals surface area contributed by atoms with E-state index in [-0.39, 0.29) is 5.91 Å². The molecule has 0 bridgehead atoms. The smallest absolute Gasteiger partial charge is 0.224 e. The van der Waals surface area contributed by atoms with Crippen molar-refractivity contribution in [2.75, 3.05) is 0 Å². The Morgan fingerprint density at radius 3 is 2.35 bits per heavy atom. The van der Waals surface area contributed by atoms with Crippen molar-refractivity contribution in [1.82, 2.24) is 5.32 Å². The summed E-state index contributed by atoms with van der Waals surface area (Å²) in [6, 6.07) is 8.77. The van der Waals surface area contributed by atoms with Crippen LogP contribution < -0.4 is 5.32 Å². The van der Waals surface area contributed by atoms with Crippen molar-refractivity contribution in [3.63, 3.8) is 0 Å². The lowest BCUT2D eigenvalue weighted by Crippen LogP contribution is -2.33. The topological polar surface area (TPSA) is 29.1 Å². The van der Waals surface area contributed by atoms with Gasteiger partial charge in [-0.2, -0.15) is 0 Å². The molecule has 0 atom stereocenters. The molecule has 2 nitrogen and oxygen atoms in total. The monoisotopic (exact) mass is 231 g/mol. The van der Waals surface area contributed by atoms with Crippen LogP contribution in [0.15, 0.2) is 24.3 Å². The Kier molecular flexibility index (Phi) is 4.18. The standard InChI is InChI=1S/C15H21NO/c1-2-12-7-9-13(10-8-12)11-15(17)16-14-5-3-4-6-14/h7-10,14H,2-6,11H2,1H3,(H,16,17). The van der Waals surface area contributed by atoms with Crippen LogP contribution in [0.25, 0.3) is 0 Å². The van der Waals surface area contributed by atoms with E-state index in [1.807, 2.05) is 0 Å². The van der Waals surface area contributed by atoms with Crippen molar-refractivity contribution in [3.8, 4) is 0 Å². The first-order valence-electron chi connectivity index (χ1n) is 6.65. The van der Waals surface area contributed by atoms with Crippen LogP contribution in [0.3, 0.4) is 0 Å². The largest absolute Gasteiger partial charge is 0.353 e.